The van der Waals surface area contributed by atoms with E-state index in [-0.39, 0.29) is 5.97 Å². The number of aromatic nitrogens is 2. The minimum absolute atomic E-state index is 0.317. The molecule has 20 heavy (non-hydrogen) atoms. The Balaban J connectivity index is 2.09. The summed E-state index contributed by atoms with van der Waals surface area (Å²) in [7, 11) is 0. The first-order chi connectivity index (χ1) is 9.72. The lowest BCUT2D eigenvalue weighted by Crippen LogP contribution is -2.07. The highest BCUT2D eigenvalue weighted by atomic mass is 16.5. The predicted octanol–water partition coefficient (Wildman–Crippen LogP) is 2.31. The van der Waals surface area contributed by atoms with Gasteiger partial charge in [0, 0.05) is 6.20 Å². The minimum atomic E-state index is -0.317. The van der Waals surface area contributed by atoms with Crippen molar-refractivity contribution in [1.82, 2.24) is 9.78 Å². The van der Waals surface area contributed by atoms with Crippen LogP contribution in [-0.2, 0) is 11.3 Å². The van der Waals surface area contributed by atoms with Crippen molar-refractivity contribution in [3.63, 3.8) is 0 Å². The van der Waals surface area contributed by atoms with Crippen LogP contribution in [-0.4, -0.2) is 28.6 Å². The second-order valence-corrected chi connectivity index (χ2v) is 4.39. The Labute approximate surface area is 117 Å². The maximum Gasteiger partial charge on any atom is 0.338 e. The molecule has 0 spiro atoms. The normalized spacial score (nSPS) is 10.2. The molecule has 0 radical (unpaired) electrons. The summed E-state index contributed by atoms with van der Waals surface area (Å²) >= 11 is 0. The molecule has 5 heteroatoms. The van der Waals surface area contributed by atoms with Gasteiger partial charge in [0.25, 0.3) is 0 Å². The molecule has 0 aliphatic carbocycles. The van der Waals surface area contributed by atoms with Crippen LogP contribution in [0.3, 0.4) is 0 Å². The van der Waals surface area contributed by atoms with Gasteiger partial charge in [-0.2, -0.15) is 5.10 Å². The van der Waals surface area contributed by atoms with Gasteiger partial charge >= 0.3 is 5.97 Å². The van der Waals surface area contributed by atoms with E-state index in [4.69, 9.17) is 4.74 Å². The third kappa shape index (κ3) is 3.54. The Kier molecular flexibility index (Phi) is 4.65. The molecule has 2 rings (SSSR count). The fraction of sp³-hybridized carbons (Fsp3) is 0.267. The van der Waals surface area contributed by atoms with E-state index in [0.717, 1.165) is 12.0 Å². The molecule has 0 bridgehead atoms. The van der Waals surface area contributed by atoms with Gasteiger partial charge in [0.2, 0.25) is 0 Å². The molecule has 104 valence electrons. The number of carbonyl (C=O) groups is 2. The van der Waals surface area contributed by atoms with Crippen LogP contribution < -0.4 is 0 Å². The highest BCUT2D eigenvalue weighted by molar-refractivity contribution is 5.89. The van der Waals surface area contributed by atoms with Crippen molar-refractivity contribution in [1.29, 1.82) is 0 Å². The van der Waals surface area contributed by atoms with E-state index in [1.165, 1.54) is 0 Å². The standard InChI is InChI=1S/C15H16N2O3/c1-2-8-20-15(19)13-5-3-4-12(9-13)10-17-7-6-14(11-18)16-17/h3-7,9,11H,2,8,10H2,1H3. The number of ether oxygens (including phenoxy) is 1. The van der Waals surface area contributed by atoms with Crippen LogP contribution >= 0.6 is 0 Å². The summed E-state index contributed by atoms with van der Waals surface area (Å²) in [5.41, 5.74) is 1.85. The zero-order valence-corrected chi connectivity index (χ0v) is 11.3. The number of rotatable bonds is 6. The summed E-state index contributed by atoms with van der Waals surface area (Å²) in [5.74, 6) is -0.317. The van der Waals surface area contributed by atoms with Gasteiger partial charge < -0.3 is 4.74 Å². The molecule has 2 aromatic rings. The Morgan fingerprint density at radius 2 is 2.25 bits per heavy atom. The molecule has 0 amide bonds. The molecule has 0 atom stereocenters. The fourth-order valence-corrected chi connectivity index (χ4v) is 1.79. The van der Waals surface area contributed by atoms with Crippen LogP contribution in [0.1, 0.15) is 39.8 Å². The number of benzene rings is 1. The number of aldehydes is 1. The second kappa shape index (κ2) is 6.65. The Bertz CT molecular complexity index is 605. The summed E-state index contributed by atoms with van der Waals surface area (Å²) in [4.78, 5) is 22.3. The van der Waals surface area contributed by atoms with Crippen molar-refractivity contribution in [3.05, 3.63) is 53.3 Å². The maximum atomic E-state index is 11.8. The zero-order valence-electron chi connectivity index (χ0n) is 11.3. The summed E-state index contributed by atoms with van der Waals surface area (Å²) in [5, 5.41) is 4.08. The van der Waals surface area contributed by atoms with Crippen molar-refractivity contribution in [2.24, 2.45) is 0 Å². The first-order valence-corrected chi connectivity index (χ1v) is 6.47. The van der Waals surface area contributed by atoms with Crippen LogP contribution in [0.25, 0.3) is 0 Å². The van der Waals surface area contributed by atoms with E-state index >= 15 is 0 Å². The van der Waals surface area contributed by atoms with Crippen molar-refractivity contribution in [2.45, 2.75) is 19.9 Å². The lowest BCUT2D eigenvalue weighted by molar-refractivity contribution is 0.0505. The zero-order chi connectivity index (χ0) is 14.4. The average molecular weight is 272 g/mol. The number of carbonyl (C=O) groups excluding carboxylic acids is 2. The molecule has 0 saturated carbocycles. The quantitative estimate of drug-likeness (QED) is 0.598. The summed E-state index contributed by atoms with van der Waals surface area (Å²) < 4.78 is 6.75. The molecule has 1 aromatic heterocycles. The van der Waals surface area contributed by atoms with Gasteiger partial charge in [0.15, 0.2) is 6.29 Å². The average Bonchev–Trinajstić information content (AvgIpc) is 2.92. The van der Waals surface area contributed by atoms with Gasteiger partial charge in [-0.05, 0) is 30.2 Å². The maximum absolute atomic E-state index is 11.8. The van der Waals surface area contributed by atoms with Gasteiger partial charge in [-0.15, -0.1) is 0 Å². The Morgan fingerprint density at radius 3 is 2.95 bits per heavy atom. The van der Waals surface area contributed by atoms with Crippen LogP contribution in [0.15, 0.2) is 36.5 Å². The lowest BCUT2D eigenvalue weighted by Gasteiger charge is -2.06. The molecule has 0 saturated heterocycles. The van der Waals surface area contributed by atoms with E-state index in [0.29, 0.717) is 30.7 Å². The van der Waals surface area contributed by atoms with Gasteiger partial charge in [-0.1, -0.05) is 19.1 Å². The SMILES string of the molecule is CCCOC(=O)c1cccc(Cn2ccc(C=O)n2)c1. The van der Waals surface area contributed by atoms with E-state index in [1.54, 1.807) is 29.1 Å². The molecule has 1 aromatic carbocycles. The molecule has 0 unspecified atom stereocenters. The molecule has 0 aliphatic rings. The monoisotopic (exact) mass is 272 g/mol. The van der Waals surface area contributed by atoms with Crippen LogP contribution in [0.5, 0.6) is 0 Å². The van der Waals surface area contributed by atoms with Gasteiger partial charge in [0.05, 0.1) is 18.7 Å². The Hall–Kier alpha value is -2.43. The first-order valence-electron chi connectivity index (χ1n) is 6.47. The van der Waals surface area contributed by atoms with Gasteiger partial charge in [0.1, 0.15) is 5.69 Å². The number of nitrogens with zero attached hydrogens (tertiary/aromatic N) is 2. The third-order valence-corrected chi connectivity index (χ3v) is 2.73. The molecular weight excluding hydrogens is 256 g/mol. The molecule has 0 aliphatic heterocycles. The summed E-state index contributed by atoms with van der Waals surface area (Å²) in [6.07, 6.45) is 3.23. The van der Waals surface area contributed by atoms with Crippen molar-refractivity contribution in [3.8, 4) is 0 Å². The van der Waals surface area contributed by atoms with E-state index < -0.39 is 0 Å². The fourth-order valence-electron chi connectivity index (χ4n) is 1.79. The molecule has 0 fully saturated rings. The van der Waals surface area contributed by atoms with Crippen molar-refractivity contribution >= 4 is 12.3 Å². The molecular formula is C15H16N2O3. The summed E-state index contributed by atoms with van der Waals surface area (Å²) in [6, 6.07) is 8.86. The van der Waals surface area contributed by atoms with E-state index in [1.807, 2.05) is 19.1 Å². The summed E-state index contributed by atoms with van der Waals surface area (Å²) in [6.45, 7) is 2.87. The van der Waals surface area contributed by atoms with Crippen LogP contribution in [0, 0.1) is 0 Å². The van der Waals surface area contributed by atoms with Crippen molar-refractivity contribution < 1.29 is 14.3 Å². The largest absolute Gasteiger partial charge is 0.462 e. The molecule has 5 nitrogen and oxygen atoms in total. The van der Waals surface area contributed by atoms with Crippen LogP contribution in [0.2, 0.25) is 0 Å². The van der Waals surface area contributed by atoms with E-state index in [9.17, 15) is 9.59 Å². The molecule has 0 N–H and O–H groups in total. The van der Waals surface area contributed by atoms with Crippen molar-refractivity contribution in [2.75, 3.05) is 6.61 Å². The Morgan fingerprint density at radius 1 is 1.40 bits per heavy atom. The molecule has 1 heterocycles. The lowest BCUT2D eigenvalue weighted by atomic mass is 10.1. The third-order valence-electron chi connectivity index (χ3n) is 2.73. The number of hydrogen-bond donors (Lipinski definition) is 0. The highest BCUT2D eigenvalue weighted by Gasteiger charge is 2.07. The first kappa shape index (κ1) is 14.0. The number of hydrogen-bond acceptors (Lipinski definition) is 4. The smallest absolute Gasteiger partial charge is 0.338 e. The van der Waals surface area contributed by atoms with Crippen LogP contribution in [0.4, 0.5) is 0 Å². The minimum Gasteiger partial charge on any atom is -0.462 e. The van der Waals surface area contributed by atoms with Gasteiger partial charge in [-0.3, -0.25) is 9.48 Å². The van der Waals surface area contributed by atoms with E-state index in [2.05, 4.69) is 5.10 Å². The van der Waals surface area contributed by atoms with Gasteiger partial charge in [-0.25, -0.2) is 4.79 Å². The highest BCUT2D eigenvalue weighted by Crippen LogP contribution is 2.09. The number of esters is 1. The predicted molar refractivity (Wildman–Crippen MR) is 73.7 cm³/mol. The topological polar surface area (TPSA) is 61.2 Å². The second-order valence-electron chi connectivity index (χ2n) is 4.39.